The summed E-state index contributed by atoms with van der Waals surface area (Å²) in [4.78, 5) is 14.7. The second-order valence-corrected chi connectivity index (χ2v) is 8.82. The first-order valence-electron chi connectivity index (χ1n) is 10.8. The van der Waals surface area contributed by atoms with Crippen molar-refractivity contribution in [2.75, 3.05) is 0 Å². The van der Waals surface area contributed by atoms with Gasteiger partial charge in [-0.15, -0.1) is 0 Å². The van der Waals surface area contributed by atoms with Crippen LogP contribution in [-0.4, -0.2) is 33.8 Å². The van der Waals surface area contributed by atoms with Crippen LogP contribution in [-0.2, 0) is 17.8 Å². The number of hydrogen-bond donors (Lipinski definition) is 1. The standard InChI is InChI=1S/C26H27NO3/c28-25(30-18-19-6-2-1-3-7-19)27-23-12-13-24(27)17-26(29,16-23)15-20-10-11-21-8-4-5-9-22(21)14-20/h1-11,14,23-24,29H,12-13,15-18H2. The molecule has 3 aromatic carbocycles. The van der Waals surface area contributed by atoms with E-state index in [2.05, 4.69) is 30.3 Å². The first kappa shape index (κ1) is 19.1. The average molecular weight is 402 g/mol. The van der Waals surface area contributed by atoms with E-state index in [1.165, 1.54) is 10.8 Å². The number of nitrogens with zero attached hydrogens (tertiary/aromatic N) is 1. The number of carbonyl (C=O) groups is 1. The van der Waals surface area contributed by atoms with Crippen LogP contribution in [0.3, 0.4) is 0 Å². The molecule has 1 N–H and O–H groups in total. The Labute approximate surface area is 177 Å². The van der Waals surface area contributed by atoms with Gasteiger partial charge in [-0.2, -0.15) is 0 Å². The lowest BCUT2D eigenvalue weighted by atomic mass is 9.81. The molecule has 1 amide bonds. The summed E-state index contributed by atoms with van der Waals surface area (Å²) < 4.78 is 5.59. The molecule has 4 heteroatoms. The minimum absolute atomic E-state index is 0.0532. The molecule has 0 aromatic heterocycles. The van der Waals surface area contributed by atoms with E-state index in [0.717, 1.165) is 24.0 Å². The third kappa shape index (κ3) is 3.80. The zero-order chi connectivity index (χ0) is 20.6. The first-order valence-corrected chi connectivity index (χ1v) is 10.8. The fourth-order valence-corrected chi connectivity index (χ4v) is 5.29. The summed E-state index contributed by atoms with van der Waals surface area (Å²) in [5.74, 6) is 0. The maximum atomic E-state index is 12.8. The number of fused-ring (bicyclic) bond motifs is 3. The van der Waals surface area contributed by atoms with Gasteiger partial charge >= 0.3 is 6.09 Å². The highest BCUT2D eigenvalue weighted by molar-refractivity contribution is 5.83. The Bertz CT molecular complexity index is 1030. The number of piperidine rings is 1. The minimum Gasteiger partial charge on any atom is -0.445 e. The highest BCUT2D eigenvalue weighted by Gasteiger charge is 2.49. The van der Waals surface area contributed by atoms with Gasteiger partial charge in [0.2, 0.25) is 0 Å². The monoisotopic (exact) mass is 401 g/mol. The highest BCUT2D eigenvalue weighted by atomic mass is 16.6. The Kier molecular flexibility index (Phi) is 4.95. The molecule has 5 rings (SSSR count). The number of hydrogen-bond acceptors (Lipinski definition) is 3. The normalized spacial score (nSPS) is 25.4. The summed E-state index contributed by atoms with van der Waals surface area (Å²) in [6.07, 6.45) is 3.46. The van der Waals surface area contributed by atoms with Crippen molar-refractivity contribution in [1.29, 1.82) is 0 Å². The van der Waals surface area contributed by atoms with Crippen LogP contribution in [0.5, 0.6) is 0 Å². The first-order chi connectivity index (χ1) is 14.6. The molecular weight excluding hydrogens is 374 g/mol. The van der Waals surface area contributed by atoms with Crippen LogP contribution < -0.4 is 0 Å². The van der Waals surface area contributed by atoms with Gasteiger partial charge in [-0.3, -0.25) is 0 Å². The third-order valence-electron chi connectivity index (χ3n) is 6.61. The van der Waals surface area contributed by atoms with Crippen LogP contribution >= 0.6 is 0 Å². The van der Waals surface area contributed by atoms with E-state index in [9.17, 15) is 9.90 Å². The van der Waals surface area contributed by atoms with Crippen LogP contribution in [0.4, 0.5) is 4.79 Å². The summed E-state index contributed by atoms with van der Waals surface area (Å²) in [7, 11) is 0. The van der Waals surface area contributed by atoms with Crippen LogP contribution in [0.25, 0.3) is 10.8 Å². The summed E-state index contributed by atoms with van der Waals surface area (Å²) in [5.41, 5.74) is 1.36. The molecule has 2 bridgehead atoms. The van der Waals surface area contributed by atoms with Crippen molar-refractivity contribution in [2.45, 2.75) is 56.4 Å². The van der Waals surface area contributed by atoms with Gasteiger partial charge in [-0.05, 0) is 47.6 Å². The van der Waals surface area contributed by atoms with Crippen LogP contribution in [0.2, 0.25) is 0 Å². The molecule has 30 heavy (non-hydrogen) atoms. The van der Waals surface area contributed by atoms with Gasteiger partial charge < -0.3 is 14.7 Å². The predicted molar refractivity (Wildman–Crippen MR) is 117 cm³/mol. The fraction of sp³-hybridized carbons (Fsp3) is 0.346. The Hall–Kier alpha value is -2.85. The lowest BCUT2D eigenvalue weighted by Crippen LogP contribution is -2.54. The molecule has 2 fully saturated rings. The van der Waals surface area contributed by atoms with Crippen molar-refractivity contribution in [3.05, 3.63) is 83.9 Å². The average Bonchev–Trinajstić information content (AvgIpc) is 3.05. The fourth-order valence-electron chi connectivity index (χ4n) is 5.29. The quantitative estimate of drug-likeness (QED) is 0.663. The molecule has 4 nitrogen and oxygen atoms in total. The zero-order valence-electron chi connectivity index (χ0n) is 17.0. The lowest BCUT2D eigenvalue weighted by Gasteiger charge is -2.43. The lowest BCUT2D eigenvalue weighted by molar-refractivity contribution is -0.0485. The molecular formula is C26H27NO3. The molecule has 2 atom stereocenters. The zero-order valence-corrected chi connectivity index (χ0v) is 17.0. The summed E-state index contributed by atoms with van der Waals surface area (Å²) in [6, 6.07) is 24.6. The Morgan fingerprint density at radius 1 is 0.900 bits per heavy atom. The van der Waals surface area contributed by atoms with Gasteiger partial charge in [0.25, 0.3) is 0 Å². The molecule has 2 heterocycles. The number of aliphatic hydroxyl groups is 1. The second kappa shape index (κ2) is 7.77. The number of benzene rings is 3. The van der Waals surface area contributed by atoms with Crippen LogP contribution in [0.15, 0.2) is 72.8 Å². The minimum atomic E-state index is -0.773. The highest BCUT2D eigenvalue weighted by Crippen LogP contribution is 2.42. The summed E-state index contributed by atoms with van der Waals surface area (Å²) in [5, 5.41) is 13.8. The molecule has 0 saturated carbocycles. The number of carbonyl (C=O) groups excluding carboxylic acids is 1. The van der Waals surface area contributed by atoms with Crippen LogP contribution in [0, 0.1) is 0 Å². The van der Waals surface area contributed by atoms with E-state index in [1.807, 2.05) is 47.4 Å². The van der Waals surface area contributed by atoms with Crippen molar-refractivity contribution in [1.82, 2.24) is 4.90 Å². The molecule has 2 aliphatic rings. The molecule has 0 aliphatic carbocycles. The smallest absolute Gasteiger partial charge is 0.410 e. The third-order valence-corrected chi connectivity index (χ3v) is 6.61. The molecule has 2 aliphatic heterocycles. The van der Waals surface area contributed by atoms with Gasteiger partial charge in [-0.25, -0.2) is 4.79 Å². The van der Waals surface area contributed by atoms with E-state index < -0.39 is 5.60 Å². The van der Waals surface area contributed by atoms with Crippen molar-refractivity contribution >= 4 is 16.9 Å². The Balaban J connectivity index is 1.26. The van der Waals surface area contributed by atoms with Gasteiger partial charge in [0.15, 0.2) is 0 Å². The van der Waals surface area contributed by atoms with E-state index in [0.29, 0.717) is 19.3 Å². The molecule has 2 saturated heterocycles. The molecule has 0 spiro atoms. The summed E-state index contributed by atoms with van der Waals surface area (Å²) >= 11 is 0. The van der Waals surface area contributed by atoms with Crippen molar-refractivity contribution < 1.29 is 14.6 Å². The number of rotatable bonds is 4. The van der Waals surface area contributed by atoms with Crippen molar-refractivity contribution in [2.24, 2.45) is 0 Å². The molecule has 0 radical (unpaired) electrons. The number of amides is 1. The molecule has 154 valence electrons. The maximum Gasteiger partial charge on any atom is 0.410 e. The SMILES string of the molecule is O=C(OCc1ccccc1)N1C2CCC1CC(O)(Cc1ccc3ccccc3c1)C2. The van der Waals surface area contributed by atoms with E-state index in [4.69, 9.17) is 4.74 Å². The van der Waals surface area contributed by atoms with Gasteiger partial charge in [0.05, 0.1) is 5.60 Å². The second-order valence-electron chi connectivity index (χ2n) is 8.82. The maximum absolute atomic E-state index is 12.8. The summed E-state index contributed by atoms with van der Waals surface area (Å²) in [6.45, 7) is 0.289. The van der Waals surface area contributed by atoms with E-state index >= 15 is 0 Å². The number of ether oxygens (including phenoxy) is 1. The van der Waals surface area contributed by atoms with Crippen molar-refractivity contribution in [3.8, 4) is 0 Å². The molecule has 2 unspecified atom stereocenters. The van der Waals surface area contributed by atoms with Gasteiger partial charge in [0.1, 0.15) is 6.61 Å². The van der Waals surface area contributed by atoms with Gasteiger partial charge in [0, 0.05) is 18.5 Å². The topological polar surface area (TPSA) is 49.8 Å². The largest absolute Gasteiger partial charge is 0.445 e. The van der Waals surface area contributed by atoms with Gasteiger partial charge in [-0.1, -0.05) is 72.8 Å². The Morgan fingerprint density at radius 2 is 1.57 bits per heavy atom. The van der Waals surface area contributed by atoms with Crippen LogP contribution in [0.1, 0.15) is 36.8 Å². The van der Waals surface area contributed by atoms with E-state index in [1.54, 1.807) is 0 Å². The van der Waals surface area contributed by atoms with Crippen molar-refractivity contribution in [3.63, 3.8) is 0 Å². The predicted octanol–water partition coefficient (Wildman–Crippen LogP) is 5.08. The van der Waals surface area contributed by atoms with E-state index in [-0.39, 0.29) is 24.8 Å². The Morgan fingerprint density at radius 3 is 2.30 bits per heavy atom. The molecule has 3 aromatic rings.